The average molecular weight is 360 g/mol. The summed E-state index contributed by atoms with van der Waals surface area (Å²) >= 11 is 1.36. The van der Waals surface area contributed by atoms with Crippen molar-refractivity contribution >= 4 is 23.4 Å². The maximum absolute atomic E-state index is 12.2. The molecule has 0 fully saturated rings. The second-order valence-corrected chi connectivity index (χ2v) is 6.42. The van der Waals surface area contributed by atoms with Crippen molar-refractivity contribution in [3.05, 3.63) is 64.2 Å². The second-order valence-electron chi connectivity index (χ2n) is 5.37. The third-order valence-corrected chi connectivity index (χ3v) is 4.49. The molecule has 0 bridgehead atoms. The molecule has 6 nitrogen and oxygen atoms in total. The first-order valence-electron chi connectivity index (χ1n) is 7.82. The van der Waals surface area contributed by atoms with E-state index in [-0.39, 0.29) is 17.3 Å². The number of nitrogens with zero attached hydrogens (tertiary/aromatic N) is 2. The van der Waals surface area contributed by atoms with E-state index < -0.39 is 4.92 Å². The summed E-state index contributed by atoms with van der Waals surface area (Å²) < 4.78 is 5.40. The number of non-ortho nitro benzene ring substituents is 1. The number of nitro benzene ring substituents is 1. The molecular formula is C18H20N2O4S. The van der Waals surface area contributed by atoms with E-state index in [9.17, 15) is 14.9 Å². The summed E-state index contributed by atoms with van der Waals surface area (Å²) in [5.74, 6) is 1.09. The lowest BCUT2D eigenvalue weighted by atomic mass is 10.2. The first kappa shape index (κ1) is 18.8. The van der Waals surface area contributed by atoms with Crippen LogP contribution in [0.5, 0.6) is 5.75 Å². The molecule has 0 N–H and O–H groups in total. The maximum atomic E-state index is 12.2. The number of carbonyl (C=O) groups is 1. The quantitative estimate of drug-likeness (QED) is 0.407. The fourth-order valence-electron chi connectivity index (χ4n) is 2.14. The van der Waals surface area contributed by atoms with Crippen molar-refractivity contribution in [3.63, 3.8) is 0 Å². The number of thioether (sulfide) groups is 1. The number of benzene rings is 2. The molecule has 0 atom stereocenters. The van der Waals surface area contributed by atoms with Crippen LogP contribution in [0, 0.1) is 10.1 Å². The van der Waals surface area contributed by atoms with Gasteiger partial charge >= 0.3 is 0 Å². The Morgan fingerprint density at radius 1 is 1.16 bits per heavy atom. The predicted molar refractivity (Wildman–Crippen MR) is 97.9 cm³/mol. The summed E-state index contributed by atoms with van der Waals surface area (Å²) in [6.45, 7) is 3.08. The van der Waals surface area contributed by atoms with Gasteiger partial charge in [0.2, 0.25) is 5.91 Å². The molecular weight excluding hydrogens is 340 g/mol. The van der Waals surface area contributed by atoms with E-state index >= 15 is 0 Å². The van der Waals surface area contributed by atoms with E-state index in [0.29, 0.717) is 13.2 Å². The van der Waals surface area contributed by atoms with Crippen LogP contribution in [-0.2, 0) is 11.3 Å². The molecule has 0 aromatic heterocycles. The molecule has 25 heavy (non-hydrogen) atoms. The topological polar surface area (TPSA) is 72.7 Å². The highest BCUT2D eigenvalue weighted by Gasteiger charge is 2.11. The number of carbonyl (C=O) groups excluding carboxylic acids is 1. The zero-order valence-corrected chi connectivity index (χ0v) is 15.0. The monoisotopic (exact) mass is 360 g/mol. The second kappa shape index (κ2) is 9.08. The van der Waals surface area contributed by atoms with E-state index in [1.807, 2.05) is 31.2 Å². The molecule has 7 heteroatoms. The number of amides is 1. The molecule has 0 saturated carbocycles. The molecule has 1 amide bonds. The maximum Gasteiger partial charge on any atom is 0.269 e. The molecule has 2 rings (SSSR count). The summed E-state index contributed by atoms with van der Waals surface area (Å²) in [6, 6.07) is 13.9. The first-order chi connectivity index (χ1) is 12.0. The van der Waals surface area contributed by atoms with Gasteiger partial charge in [-0.2, -0.15) is 0 Å². The molecule has 2 aromatic rings. The van der Waals surface area contributed by atoms with Crippen LogP contribution >= 0.6 is 11.8 Å². The molecule has 0 aliphatic carbocycles. The van der Waals surface area contributed by atoms with Gasteiger partial charge in [-0.15, -0.1) is 11.8 Å². The van der Waals surface area contributed by atoms with E-state index in [4.69, 9.17) is 4.74 Å². The van der Waals surface area contributed by atoms with E-state index in [0.717, 1.165) is 16.2 Å². The third kappa shape index (κ3) is 5.79. The summed E-state index contributed by atoms with van der Waals surface area (Å²) in [5, 5.41) is 10.6. The van der Waals surface area contributed by atoms with Crippen LogP contribution in [0.4, 0.5) is 5.69 Å². The molecule has 0 saturated heterocycles. The molecule has 0 aliphatic rings. The molecule has 2 aromatic carbocycles. The Hall–Kier alpha value is -2.54. The number of rotatable bonds is 8. The number of nitro groups is 1. The number of hydrogen-bond acceptors (Lipinski definition) is 5. The minimum Gasteiger partial charge on any atom is -0.494 e. The largest absolute Gasteiger partial charge is 0.494 e. The van der Waals surface area contributed by atoms with Gasteiger partial charge < -0.3 is 9.64 Å². The lowest BCUT2D eigenvalue weighted by molar-refractivity contribution is -0.384. The van der Waals surface area contributed by atoms with Crippen LogP contribution < -0.4 is 4.74 Å². The van der Waals surface area contributed by atoms with Crippen LogP contribution in [0.15, 0.2) is 53.4 Å². The lowest BCUT2D eigenvalue weighted by Crippen LogP contribution is -2.27. The Morgan fingerprint density at radius 3 is 2.36 bits per heavy atom. The smallest absolute Gasteiger partial charge is 0.269 e. The zero-order valence-electron chi connectivity index (χ0n) is 14.2. The highest BCUT2D eigenvalue weighted by Crippen LogP contribution is 2.22. The Kier molecular flexibility index (Phi) is 6.82. The van der Waals surface area contributed by atoms with Crippen molar-refractivity contribution in [2.24, 2.45) is 0 Å². The molecule has 0 spiro atoms. The van der Waals surface area contributed by atoms with Crippen molar-refractivity contribution in [1.82, 2.24) is 4.90 Å². The normalized spacial score (nSPS) is 10.3. The van der Waals surface area contributed by atoms with Gasteiger partial charge in [0.15, 0.2) is 0 Å². The van der Waals surface area contributed by atoms with Crippen LogP contribution in [-0.4, -0.2) is 35.1 Å². The van der Waals surface area contributed by atoms with Crippen LogP contribution in [0.1, 0.15) is 12.5 Å². The van der Waals surface area contributed by atoms with Gasteiger partial charge in [-0.25, -0.2) is 0 Å². The van der Waals surface area contributed by atoms with Crippen LogP contribution in [0.2, 0.25) is 0 Å². The van der Waals surface area contributed by atoms with Gasteiger partial charge in [0.05, 0.1) is 17.3 Å². The summed E-state index contributed by atoms with van der Waals surface area (Å²) in [7, 11) is 1.76. The molecule has 0 radical (unpaired) electrons. The molecule has 0 heterocycles. The third-order valence-electron chi connectivity index (χ3n) is 3.49. The Bertz CT molecular complexity index is 717. The fraction of sp³-hybridized carbons (Fsp3) is 0.278. The SMILES string of the molecule is CCOc1ccc(CN(C)C(=O)CSc2ccc([N+](=O)[O-])cc2)cc1. The lowest BCUT2D eigenvalue weighted by Gasteiger charge is -2.17. The highest BCUT2D eigenvalue weighted by molar-refractivity contribution is 8.00. The zero-order chi connectivity index (χ0) is 18.2. The molecule has 0 unspecified atom stereocenters. The molecule has 132 valence electrons. The summed E-state index contributed by atoms with van der Waals surface area (Å²) in [4.78, 5) is 24.9. The number of ether oxygens (including phenoxy) is 1. The Labute approximate surface area is 150 Å². The van der Waals surface area contributed by atoms with Gasteiger partial charge in [-0.3, -0.25) is 14.9 Å². The van der Waals surface area contributed by atoms with Crippen LogP contribution in [0.3, 0.4) is 0 Å². The number of hydrogen-bond donors (Lipinski definition) is 0. The van der Waals surface area contributed by atoms with Gasteiger partial charge in [0, 0.05) is 30.6 Å². The minimum absolute atomic E-state index is 0.00256. The van der Waals surface area contributed by atoms with Crippen molar-refractivity contribution in [2.45, 2.75) is 18.4 Å². The average Bonchev–Trinajstić information content (AvgIpc) is 2.61. The Balaban J connectivity index is 1.84. The van der Waals surface area contributed by atoms with Gasteiger partial charge in [-0.1, -0.05) is 12.1 Å². The summed E-state index contributed by atoms with van der Waals surface area (Å²) in [6.07, 6.45) is 0. The molecule has 0 aliphatic heterocycles. The van der Waals surface area contributed by atoms with Crippen molar-refractivity contribution in [2.75, 3.05) is 19.4 Å². The first-order valence-corrected chi connectivity index (χ1v) is 8.81. The van der Waals surface area contributed by atoms with E-state index in [1.165, 1.54) is 23.9 Å². The van der Waals surface area contributed by atoms with Gasteiger partial charge in [-0.05, 0) is 36.8 Å². The van der Waals surface area contributed by atoms with Crippen LogP contribution in [0.25, 0.3) is 0 Å². The van der Waals surface area contributed by atoms with E-state index in [2.05, 4.69) is 0 Å². The summed E-state index contributed by atoms with van der Waals surface area (Å²) in [5.41, 5.74) is 1.07. The van der Waals surface area contributed by atoms with Gasteiger partial charge in [0.25, 0.3) is 5.69 Å². The predicted octanol–water partition coefficient (Wildman–Crippen LogP) is 3.74. The standard InChI is InChI=1S/C18H20N2O4S/c1-3-24-16-8-4-14(5-9-16)12-19(2)18(21)13-25-17-10-6-15(7-11-17)20(22)23/h4-11H,3,12-13H2,1-2H3. The van der Waals surface area contributed by atoms with Gasteiger partial charge in [0.1, 0.15) is 5.75 Å². The Morgan fingerprint density at radius 2 is 1.80 bits per heavy atom. The fourth-order valence-corrected chi connectivity index (χ4v) is 2.98. The minimum atomic E-state index is -0.440. The van der Waals surface area contributed by atoms with E-state index in [1.54, 1.807) is 24.1 Å². The van der Waals surface area contributed by atoms with Crippen molar-refractivity contribution < 1.29 is 14.5 Å². The van der Waals surface area contributed by atoms with Crippen molar-refractivity contribution in [3.8, 4) is 5.75 Å². The highest BCUT2D eigenvalue weighted by atomic mass is 32.2. The van der Waals surface area contributed by atoms with Crippen molar-refractivity contribution in [1.29, 1.82) is 0 Å².